The van der Waals surface area contributed by atoms with Crippen LogP contribution in [0.5, 0.6) is 0 Å². The summed E-state index contributed by atoms with van der Waals surface area (Å²) in [6.45, 7) is 2.03. The molecule has 0 aromatic heterocycles. The van der Waals surface area contributed by atoms with Gasteiger partial charge in [0.15, 0.2) is 0 Å². The minimum Gasteiger partial charge on any atom is -0.348 e. The molecule has 0 spiro atoms. The third kappa shape index (κ3) is 3.84. The Bertz CT molecular complexity index is 601. The maximum atomic E-state index is 11.8. The molecule has 0 bridgehead atoms. The second-order valence-corrected chi connectivity index (χ2v) is 5.38. The fourth-order valence-corrected chi connectivity index (χ4v) is 2.63. The number of nitrogens with one attached hydrogen (secondary N) is 1. The van der Waals surface area contributed by atoms with Crippen LogP contribution in [0.2, 0.25) is 5.02 Å². The van der Waals surface area contributed by atoms with Crippen molar-refractivity contribution in [2.24, 2.45) is 5.73 Å². The van der Waals surface area contributed by atoms with Gasteiger partial charge in [0.05, 0.1) is 12.6 Å². The molecule has 1 amide bonds. The first-order valence-corrected chi connectivity index (χ1v) is 7.30. The molecule has 0 aliphatic carbocycles. The molecule has 3 N–H and O–H groups in total. The maximum Gasteiger partial charge on any atom is 0.234 e. The molecule has 0 aliphatic heterocycles. The van der Waals surface area contributed by atoms with Gasteiger partial charge in [-0.15, -0.1) is 0 Å². The Balaban J connectivity index is 2.37. The van der Waals surface area contributed by atoms with Crippen LogP contribution in [0.15, 0.2) is 54.6 Å². The van der Waals surface area contributed by atoms with Crippen molar-refractivity contribution in [3.05, 3.63) is 70.7 Å². The first-order valence-electron chi connectivity index (χ1n) is 6.92. The maximum absolute atomic E-state index is 11.8. The van der Waals surface area contributed by atoms with Gasteiger partial charge in [0.2, 0.25) is 5.91 Å². The highest BCUT2D eigenvalue weighted by molar-refractivity contribution is 6.31. The van der Waals surface area contributed by atoms with Gasteiger partial charge in [-0.25, -0.2) is 0 Å². The normalized spacial score (nSPS) is 13.5. The number of halogens is 1. The van der Waals surface area contributed by atoms with Gasteiger partial charge >= 0.3 is 0 Å². The quantitative estimate of drug-likeness (QED) is 0.890. The Morgan fingerprint density at radius 2 is 1.76 bits per heavy atom. The first-order chi connectivity index (χ1) is 10.1. The van der Waals surface area contributed by atoms with E-state index in [4.69, 9.17) is 17.3 Å². The van der Waals surface area contributed by atoms with Crippen molar-refractivity contribution in [1.29, 1.82) is 0 Å². The Morgan fingerprint density at radius 3 is 2.38 bits per heavy atom. The van der Waals surface area contributed by atoms with E-state index in [9.17, 15) is 4.79 Å². The zero-order chi connectivity index (χ0) is 15.2. The van der Waals surface area contributed by atoms with E-state index < -0.39 is 0 Å². The lowest BCUT2D eigenvalue weighted by atomic mass is 9.88. The van der Waals surface area contributed by atoms with Gasteiger partial charge in [0, 0.05) is 10.9 Å². The minimum absolute atomic E-state index is 0.0392. The number of nitrogens with two attached hydrogens (primary N) is 1. The van der Waals surface area contributed by atoms with E-state index >= 15 is 0 Å². The largest absolute Gasteiger partial charge is 0.348 e. The van der Waals surface area contributed by atoms with Crippen molar-refractivity contribution in [2.75, 3.05) is 6.54 Å². The zero-order valence-electron chi connectivity index (χ0n) is 11.9. The van der Waals surface area contributed by atoms with Crippen LogP contribution in [-0.4, -0.2) is 12.5 Å². The van der Waals surface area contributed by atoms with Crippen LogP contribution in [0.3, 0.4) is 0 Å². The van der Waals surface area contributed by atoms with E-state index in [0.29, 0.717) is 5.02 Å². The van der Waals surface area contributed by atoms with Crippen LogP contribution < -0.4 is 11.1 Å². The van der Waals surface area contributed by atoms with E-state index in [1.54, 1.807) is 0 Å². The highest BCUT2D eigenvalue weighted by Gasteiger charge is 2.24. The number of amides is 1. The van der Waals surface area contributed by atoms with Crippen molar-refractivity contribution in [2.45, 2.75) is 18.9 Å². The molecule has 0 fully saturated rings. The molecule has 2 aromatic rings. The van der Waals surface area contributed by atoms with Gasteiger partial charge in [-0.2, -0.15) is 0 Å². The van der Waals surface area contributed by atoms with Gasteiger partial charge in [0.1, 0.15) is 0 Å². The van der Waals surface area contributed by atoms with Crippen molar-refractivity contribution >= 4 is 17.5 Å². The Labute approximate surface area is 130 Å². The average molecular weight is 303 g/mol. The lowest BCUT2D eigenvalue weighted by Gasteiger charge is -2.26. The minimum atomic E-state index is -0.211. The molecular weight excluding hydrogens is 284 g/mol. The summed E-state index contributed by atoms with van der Waals surface area (Å²) in [6.07, 6.45) is 0. The van der Waals surface area contributed by atoms with Crippen molar-refractivity contribution < 1.29 is 4.79 Å². The molecule has 0 heterocycles. The fourth-order valence-electron chi connectivity index (χ4n) is 2.38. The summed E-state index contributed by atoms with van der Waals surface area (Å²) >= 11 is 6.29. The molecule has 0 saturated carbocycles. The summed E-state index contributed by atoms with van der Waals surface area (Å²) in [5.74, 6) is -0.107. The van der Waals surface area contributed by atoms with Gasteiger partial charge in [0.25, 0.3) is 0 Å². The second kappa shape index (κ2) is 7.25. The second-order valence-electron chi connectivity index (χ2n) is 4.97. The highest BCUT2D eigenvalue weighted by atomic mass is 35.5. The number of rotatable bonds is 5. The number of hydrogen-bond donors (Lipinski definition) is 2. The molecule has 2 unspecified atom stereocenters. The molecule has 2 aromatic carbocycles. The fraction of sp³-hybridized carbons (Fsp3) is 0.235. The lowest BCUT2D eigenvalue weighted by molar-refractivity contribution is -0.120. The van der Waals surface area contributed by atoms with Crippen LogP contribution in [0.1, 0.15) is 30.0 Å². The molecule has 4 heteroatoms. The van der Waals surface area contributed by atoms with Crippen LogP contribution >= 0.6 is 11.6 Å². The Morgan fingerprint density at radius 1 is 1.14 bits per heavy atom. The van der Waals surface area contributed by atoms with Crippen LogP contribution in [0.25, 0.3) is 0 Å². The Kier molecular flexibility index (Phi) is 5.37. The predicted octanol–water partition coefficient (Wildman–Crippen LogP) is 3.26. The molecule has 110 valence electrons. The molecule has 0 aliphatic rings. The topological polar surface area (TPSA) is 55.1 Å². The molecular formula is C17H19ClN2O. The number of benzene rings is 2. The Hall–Kier alpha value is -1.84. The summed E-state index contributed by atoms with van der Waals surface area (Å²) in [4.78, 5) is 11.8. The summed E-state index contributed by atoms with van der Waals surface area (Å²) in [5, 5.41) is 3.61. The lowest BCUT2D eigenvalue weighted by Crippen LogP contribution is -2.36. The number of hydrogen-bond acceptors (Lipinski definition) is 2. The SMILES string of the molecule is CC(c1ccccc1)C(NC(=O)CN)c1ccccc1Cl. The first kappa shape index (κ1) is 15.5. The van der Waals surface area contributed by atoms with E-state index in [1.807, 2.05) is 54.6 Å². The van der Waals surface area contributed by atoms with Gasteiger partial charge < -0.3 is 11.1 Å². The van der Waals surface area contributed by atoms with E-state index in [0.717, 1.165) is 11.1 Å². The third-order valence-corrected chi connectivity index (χ3v) is 3.91. The summed E-state index contributed by atoms with van der Waals surface area (Å²) in [5.41, 5.74) is 7.47. The summed E-state index contributed by atoms with van der Waals surface area (Å²) in [7, 11) is 0. The van der Waals surface area contributed by atoms with E-state index in [1.165, 1.54) is 0 Å². The monoisotopic (exact) mass is 302 g/mol. The van der Waals surface area contributed by atoms with Gasteiger partial charge in [-0.05, 0) is 17.2 Å². The van der Waals surface area contributed by atoms with Crippen LogP contribution in [0.4, 0.5) is 0 Å². The molecule has 0 radical (unpaired) electrons. The summed E-state index contributed by atoms with van der Waals surface area (Å²) in [6, 6.07) is 17.4. The van der Waals surface area contributed by atoms with Crippen LogP contribution in [-0.2, 0) is 4.79 Å². The average Bonchev–Trinajstić information content (AvgIpc) is 2.53. The van der Waals surface area contributed by atoms with Gasteiger partial charge in [-0.3, -0.25) is 4.79 Å². The van der Waals surface area contributed by atoms with E-state index in [-0.39, 0.29) is 24.4 Å². The van der Waals surface area contributed by atoms with Crippen molar-refractivity contribution in [3.63, 3.8) is 0 Å². The smallest absolute Gasteiger partial charge is 0.234 e. The van der Waals surface area contributed by atoms with Crippen LogP contribution in [0, 0.1) is 0 Å². The number of carbonyl (C=O) groups excluding carboxylic acids is 1. The molecule has 0 saturated heterocycles. The van der Waals surface area contributed by atoms with Gasteiger partial charge in [-0.1, -0.05) is 67.1 Å². The molecule has 2 rings (SSSR count). The molecule has 21 heavy (non-hydrogen) atoms. The van der Waals surface area contributed by atoms with E-state index in [2.05, 4.69) is 12.2 Å². The molecule has 2 atom stereocenters. The molecule has 3 nitrogen and oxygen atoms in total. The third-order valence-electron chi connectivity index (χ3n) is 3.57. The standard InChI is InChI=1S/C17H19ClN2O/c1-12(13-7-3-2-4-8-13)17(20-16(21)11-19)14-9-5-6-10-15(14)18/h2-10,12,17H,11,19H2,1H3,(H,20,21). The zero-order valence-corrected chi connectivity index (χ0v) is 12.7. The summed E-state index contributed by atoms with van der Waals surface area (Å²) < 4.78 is 0. The predicted molar refractivity (Wildman–Crippen MR) is 86.2 cm³/mol. The van der Waals surface area contributed by atoms with Crippen molar-refractivity contribution in [1.82, 2.24) is 5.32 Å². The highest BCUT2D eigenvalue weighted by Crippen LogP contribution is 2.34. The number of carbonyl (C=O) groups is 1. The van der Waals surface area contributed by atoms with Crippen molar-refractivity contribution in [3.8, 4) is 0 Å².